The van der Waals surface area contributed by atoms with Crippen LogP contribution in [0.3, 0.4) is 0 Å². The summed E-state index contributed by atoms with van der Waals surface area (Å²) in [5, 5.41) is 9.80. The zero-order valence-electron chi connectivity index (χ0n) is 15.5. The number of carbonyl (C=O) groups excluding carboxylic acids is 1. The average molecular weight is 355 g/mol. The molecule has 2 atom stereocenters. The van der Waals surface area contributed by atoms with Gasteiger partial charge < -0.3 is 10.0 Å². The number of piperidine rings is 1. The van der Waals surface area contributed by atoms with Crippen molar-refractivity contribution in [2.75, 3.05) is 13.1 Å². The highest BCUT2D eigenvalue weighted by molar-refractivity contribution is 5.83. The lowest BCUT2D eigenvalue weighted by molar-refractivity contribution is -0.147. The Bertz CT molecular complexity index is 682. The molecular weight excluding hydrogens is 326 g/mol. The molecule has 1 aliphatic heterocycles. The first kappa shape index (κ1) is 17.6. The molecule has 1 heterocycles. The number of aryl methyl sites for hydroxylation is 1. The first-order chi connectivity index (χ1) is 12.6. The van der Waals surface area contributed by atoms with Gasteiger partial charge in [-0.25, -0.2) is 0 Å². The van der Waals surface area contributed by atoms with Crippen LogP contribution in [0.2, 0.25) is 0 Å². The minimum Gasteiger partial charge on any atom is -0.481 e. The number of carboxylic acid groups (broad SMARTS) is 1. The van der Waals surface area contributed by atoms with Gasteiger partial charge in [0.25, 0.3) is 0 Å². The number of carboxylic acids is 1. The van der Waals surface area contributed by atoms with Crippen molar-refractivity contribution in [2.45, 2.75) is 63.7 Å². The van der Waals surface area contributed by atoms with Gasteiger partial charge in [0.1, 0.15) is 0 Å². The number of nitrogens with zero attached hydrogens (tertiary/aromatic N) is 1. The Kier molecular flexibility index (Phi) is 4.76. The Morgan fingerprint density at radius 1 is 1.12 bits per heavy atom. The van der Waals surface area contributed by atoms with Crippen LogP contribution in [0.5, 0.6) is 0 Å². The van der Waals surface area contributed by atoms with E-state index in [1.54, 1.807) is 0 Å². The molecule has 4 nitrogen and oxygen atoms in total. The van der Waals surface area contributed by atoms with E-state index in [0.29, 0.717) is 5.41 Å². The number of fused-ring (bicyclic) bond motifs is 1. The molecule has 2 aliphatic carbocycles. The fourth-order valence-corrected chi connectivity index (χ4v) is 5.58. The van der Waals surface area contributed by atoms with E-state index in [2.05, 4.69) is 6.07 Å². The summed E-state index contributed by atoms with van der Waals surface area (Å²) < 4.78 is 0. The quantitative estimate of drug-likeness (QED) is 0.888. The number of benzene rings is 1. The van der Waals surface area contributed by atoms with Crippen molar-refractivity contribution >= 4 is 11.9 Å². The predicted molar refractivity (Wildman–Crippen MR) is 100.0 cm³/mol. The molecule has 1 aromatic carbocycles. The van der Waals surface area contributed by atoms with E-state index in [1.165, 1.54) is 31.2 Å². The molecule has 4 rings (SSSR count). The maximum Gasteiger partial charge on any atom is 0.307 e. The van der Waals surface area contributed by atoms with Crippen molar-refractivity contribution in [3.63, 3.8) is 0 Å². The molecule has 0 radical (unpaired) electrons. The summed E-state index contributed by atoms with van der Waals surface area (Å²) in [6, 6.07) is 8.11. The zero-order chi connectivity index (χ0) is 18.1. The normalized spacial score (nSPS) is 25.2. The van der Waals surface area contributed by atoms with Crippen LogP contribution in [0.1, 0.15) is 68.4 Å². The molecular formula is C22H29NO3. The molecule has 1 spiro atoms. The van der Waals surface area contributed by atoms with Crippen LogP contribution in [0.25, 0.3) is 0 Å². The Morgan fingerprint density at radius 3 is 2.50 bits per heavy atom. The third-order valence-corrected chi connectivity index (χ3v) is 7.22. The number of hydrogen-bond acceptors (Lipinski definition) is 2. The van der Waals surface area contributed by atoms with Gasteiger partial charge >= 0.3 is 5.97 Å². The maximum atomic E-state index is 12.8. The van der Waals surface area contributed by atoms with Gasteiger partial charge in [-0.2, -0.15) is 0 Å². The number of hydrogen-bond donors (Lipinski definition) is 1. The summed E-state index contributed by atoms with van der Waals surface area (Å²) in [5.74, 6) is -1.42. The second kappa shape index (κ2) is 7.05. The van der Waals surface area contributed by atoms with E-state index in [4.69, 9.17) is 0 Å². The van der Waals surface area contributed by atoms with E-state index in [0.717, 1.165) is 44.3 Å². The second-order valence-electron chi connectivity index (χ2n) is 8.58. The van der Waals surface area contributed by atoms with Crippen molar-refractivity contribution in [3.05, 3.63) is 35.4 Å². The molecule has 1 N–H and O–H groups in total. The molecule has 1 saturated carbocycles. The number of rotatable bonds is 4. The monoisotopic (exact) mass is 355 g/mol. The van der Waals surface area contributed by atoms with Crippen molar-refractivity contribution in [2.24, 2.45) is 11.3 Å². The fraction of sp³-hybridized carbons (Fsp3) is 0.636. The standard InChI is InChI=1S/C22H29NO3/c24-20(23-13-11-22(12-14-23)9-3-4-10-22)15-19(21(25)26)18-8-7-16-5-1-2-6-17(16)18/h1-2,5-6,18-19H,3-4,7-15H2,(H,25,26). The molecule has 1 saturated heterocycles. The van der Waals surface area contributed by atoms with E-state index in [9.17, 15) is 14.7 Å². The second-order valence-corrected chi connectivity index (χ2v) is 8.58. The zero-order valence-corrected chi connectivity index (χ0v) is 15.5. The molecule has 2 fully saturated rings. The van der Waals surface area contributed by atoms with Gasteiger partial charge in [-0.15, -0.1) is 0 Å². The van der Waals surface area contributed by atoms with E-state index in [-0.39, 0.29) is 18.2 Å². The number of amides is 1. The number of likely N-dealkylation sites (tertiary alicyclic amines) is 1. The van der Waals surface area contributed by atoms with Crippen LogP contribution >= 0.6 is 0 Å². The summed E-state index contributed by atoms with van der Waals surface area (Å²) >= 11 is 0. The Labute approximate surface area is 155 Å². The topological polar surface area (TPSA) is 57.6 Å². The van der Waals surface area contributed by atoms with Gasteiger partial charge in [-0.05, 0) is 61.0 Å². The molecule has 4 heteroatoms. The summed E-state index contributed by atoms with van der Waals surface area (Å²) in [7, 11) is 0. The van der Waals surface area contributed by atoms with Gasteiger partial charge in [0.2, 0.25) is 5.91 Å². The molecule has 2 unspecified atom stereocenters. The van der Waals surface area contributed by atoms with Crippen molar-refractivity contribution < 1.29 is 14.7 Å². The van der Waals surface area contributed by atoms with Crippen molar-refractivity contribution in [1.29, 1.82) is 0 Å². The SMILES string of the molecule is O=C(O)C(CC(=O)N1CCC2(CCCC2)CC1)C1CCc2ccccc21. The summed E-state index contributed by atoms with van der Waals surface area (Å²) in [6.45, 7) is 1.62. The van der Waals surface area contributed by atoms with E-state index >= 15 is 0 Å². The van der Waals surface area contributed by atoms with Crippen LogP contribution in [-0.4, -0.2) is 35.0 Å². The summed E-state index contributed by atoms with van der Waals surface area (Å²) in [4.78, 5) is 26.7. The highest BCUT2D eigenvalue weighted by atomic mass is 16.4. The van der Waals surface area contributed by atoms with Gasteiger partial charge in [0.05, 0.1) is 5.92 Å². The predicted octanol–water partition coefficient (Wildman–Crippen LogP) is 3.99. The van der Waals surface area contributed by atoms with Crippen LogP contribution in [-0.2, 0) is 16.0 Å². The fourth-order valence-electron chi connectivity index (χ4n) is 5.58. The Balaban J connectivity index is 1.41. The summed E-state index contributed by atoms with van der Waals surface area (Å²) in [5.41, 5.74) is 2.86. The van der Waals surface area contributed by atoms with Crippen LogP contribution < -0.4 is 0 Å². The molecule has 3 aliphatic rings. The average Bonchev–Trinajstić information content (AvgIpc) is 3.27. The van der Waals surface area contributed by atoms with Gasteiger partial charge in [-0.3, -0.25) is 9.59 Å². The van der Waals surface area contributed by atoms with Gasteiger partial charge in [0.15, 0.2) is 0 Å². The third-order valence-electron chi connectivity index (χ3n) is 7.22. The first-order valence-electron chi connectivity index (χ1n) is 10.2. The molecule has 26 heavy (non-hydrogen) atoms. The molecule has 1 aromatic rings. The van der Waals surface area contributed by atoms with Crippen LogP contribution in [0, 0.1) is 11.3 Å². The lowest BCUT2D eigenvalue weighted by Crippen LogP contribution is -2.43. The third kappa shape index (κ3) is 3.26. The first-order valence-corrected chi connectivity index (χ1v) is 10.2. The molecule has 1 amide bonds. The van der Waals surface area contributed by atoms with Gasteiger partial charge in [0, 0.05) is 19.5 Å². The number of carbonyl (C=O) groups is 2. The lowest BCUT2D eigenvalue weighted by atomic mass is 9.77. The van der Waals surface area contributed by atoms with E-state index in [1.807, 2.05) is 23.1 Å². The highest BCUT2D eigenvalue weighted by Crippen LogP contribution is 2.46. The highest BCUT2D eigenvalue weighted by Gasteiger charge is 2.40. The van der Waals surface area contributed by atoms with E-state index < -0.39 is 11.9 Å². The van der Waals surface area contributed by atoms with Crippen molar-refractivity contribution in [1.82, 2.24) is 4.90 Å². The number of aliphatic carboxylic acids is 1. The minimum atomic E-state index is -0.829. The molecule has 0 aromatic heterocycles. The van der Waals surface area contributed by atoms with Gasteiger partial charge in [-0.1, -0.05) is 37.1 Å². The Hall–Kier alpha value is -1.84. The molecule has 0 bridgehead atoms. The minimum absolute atomic E-state index is 0.0291. The van der Waals surface area contributed by atoms with Crippen molar-refractivity contribution in [3.8, 4) is 0 Å². The Morgan fingerprint density at radius 2 is 1.81 bits per heavy atom. The largest absolute Gasteiger partial charge is 0.481 e. The summed E-state index contributed by atoms with van der Waals surface area (Å²) in [6.07, 6.45) is 9.38. The maximum absolute atomic E-state index is 12.8. The smallest absolute Gasteiger partial charge is 0.307 e. The molecule has 140 valence electrons. The lowest BCUT2D eigenvalue weighted by Gasteiger charge is -2.40. The van der Waals surface area contributed by atoms with Crippen LogP contribution in [0.4, 0.5) is 0 Å². The van der Waals surface area contributed by atoms with Crippen LogP contribution in [0.15, 0.2) is 24.3 Å².